The summed E-state index contributed by atoms with van der Waals surface area (Å²) in [7, 11) is 1.11. The van der Waals surface area contributed by atoms with E-state index in [-0.39, 0.29) is 18.7 Å². The van der Waals surface area contributed by atoms with Crippen LogP contribution in [0.5, 0.6) is 0 Å². The second kappa shape index (κ2) is 21.1. The van der Waals surface area contributed by atoms with Crippen LogP contribution in [0.2, 0.25) is 0 Å². The van der Waals surface area contributed by atoms with Crippen LogP contribution < -0.4 is 0 Å². The van der Waals surface area contributed by atoms with Crippen LogP contribution in [-0.4, -0.2) is 25.7 Å². The average molecular weight is 437 g/mol. The Morgan fingerprint density at radius 1 is 0.889 bits per heavy atom. The summed E-state index contributed by atoms with van der Waals surface area (Å²) in [5, 5.41) is 2.19. The maximum Gasteiger partial charge on any atom is 0.157 e. The lowest BCUT2D eigenvalue weighted by molar-refractivity contribution is -0.147. The molecule has 160 valence electrons. The van der Waals surface area contributed by atoms with Gasteiger partial charge in [0.2, 0.25) is 0 Å². The molecule has 5 heteroatoms. The van der Waals surface area contributed by atoms with Crippen molar-refractivity contribution in [3.05, 3.63) is 22.4 Å². The van der Waals surface area contributed by atoms with Gasteiger partial charge in [-0.25, -0.2) is 0 Å². The molecule has 1 rings (SSSR count). The fourth-order valence-corrected chi connectivity index (χ4v) is 5.00. The fourth-order valence-electron chi connectivity index (χ4n) is 2.83. The minimum absolute atomic E-state index is 0. The highest BCUT2D eigenvalue weighted by atomic mass is 35.5. The molecule has 0 aliphatic rings. The van der Waals surface area contributed by atoms with E-state index >= 15 is 0 Å². The van der Waals surface area contributed by atoms with Crippen molar-refractivity contribution in [3.63, 3.8) is 0 Å². The quantitative estimate of drug-likeness (QED) is 0.124. The van der Waals surface area contributed by atoms with E-state index < -0.39 is 0 Å². The Hall–Kier alpha value is 0.340. The van der Waals surface area contributed by atoms with E-state index in [0.29, 0.717) is 0 Å². The van der Waals surface area contributed by atoms with Gasteiger partial charge in [-0.15, -0.1) is 32.3 Å². The fraction of sp³-hybridized carbons (Fsp3) is 0.818. The lowest BCUT2D eigenvalue weighted by Gasteiger charge is -2.18. The minimum Gasteiger partial charge on any atom is -0.353 e. The highest BCUT2D eigenvalue weighted by Gasteiger charge is 2.08. The van der Waals surface area contributed by atoms with Gasteiger partial charge < -0.3 is 9.47 Å². The van der Waals surface area contributed by atoms with Crippen molar-refractivity contribution in [2.75, 3.05) is 19.4 Å². The predicted molar refractivity (Wildman–Crippen MR) is 126 cm³/mol. The molecular weight excluding hydrogens is 395 g/mol. The molecule has 2 nitrogen and oxygen atoms in total. The number of hydrogen-bond donors (Lipinski definition) is 0. The van der Waals surface area contributed by atoms with E-state index in [4.69, 9.17) is 9.47 Å². The van der Waals surface area contributed by atoms with Gasteiger partial charge >= 0.3 is 0 Å². The van der Waals surface area contributed by atoms with Crippen molar-refractivity contribution in [2.24, 2.45) is 0 Å². The van der Waals surface area contributed by atoms with Crippen molar-refractivity contribution in [1.29, 1.82) is 0 Å². The molecule has 0 bridgehead atoms. The van der Waals surface area contributed by atoms with Crippen LogP contribution in [0.3, 0.4) is 0 Å². The number of unbranched alkanes of at least 4 members (excludes halogenated alkanes) is 7. The summed E-state index contributed by atoms with van der Waals surface area (Å²) in [6.45, 7) is 6.11. The molecular formula is C22H42ClO2PS. The summed E-state index contributed by atoms with van der Waals surface area (Å²) in [6, 6.07) is 4.43. The van der Waals surface area contributed by atoms with Gasteiger partial charge in [0.15, 0.2) is 6.29 Å². The Morgan fingerprint density at radius 3 is 2.11 bits per heavy atom. The Morgan fingerprint density at radius 2 is 1.52 bits per heavy atom. The average Bonchev–Trinajstić information content (AvgIpc) is 3.16. The van der Waals surface area contributed by atoms with E-state index in [1.54, 1.807) is 4.88 Å². The van der Waals surface area contributed by atoms with Gasteiger partial charge in [-0.1, -0.05) is 58.4 Å². The zero-order valence-corrected chi connectivity index (χ0v) is 20.2. The summed E-state index contributed by atoms with van der Waals surface area (Å²) in [5.74, 6) is 0. The van der Waals surface area contributed by atoms with E-state index in [0.717, 1.165) is 41.1 Å². The molecule has 0 spiro atoms. The van der Waals surface area contributed by atoms with E-state index in [9.17, 15) is 0 Å². The molecule has 1 aromatic rings. The first-order chi connectivity index (χ1) is 12.9. The number of thiophene rings is 1. The van der Waals surface area contributed by atoms with Gasteiger partial charge in [0.25, 0.3) is 0 Å². The lowest BCUT2D eigenvalue weighted by atomic mass is 10.1. The van der Waals surface area contributed by atoms with Gasteiger partial charge in [0.05, 0.1) is 0 Å². The van der Waals surface area contributed by atoms with E-state index in [2.05, 4.69) is 31.4 Å². The third-order valence-electron chi connectivity index (χ3n) is 4.53. The van der Waals surface area contributed by atoms with Gasteiger partial charge in [-0.2, -0.15) is 0 Å². The summed E-state index contributed by atoms with van der Waals surface area (Å²) in [5.41, 5.74) is 0. The molecule has 1 aromatic heterocycles. The van der Waals surface area contributed by atoms with Crippen LogP contribution in [0.4, 0.5) is 0 Å². The predicted octanol–water partition coefficient (Wildman–Crippen LogP) is 8.04. The van der Waals surface area contributed by atoms with Gasteiger partial charge in [0.1, 0.15) is 0 Å². The molecule has 0 radical (unpaired) electrons. The molecule has 0 aromatic carbocycles. The summed E-state index contributed by atoms with van der Waals surface area (Å²) in [6.07, 6.45) is 16.6. The molecule has 1 heterocycles. The van der Waals surface area contributed by atoms with Crippen LogP contribution in [0.25, 0.3) is 0 Å². The number of ether oxygens (including phenoxy) is 2. The lowest BCUT2D eigenvalue weighted by Crippen LogP contribution is -2.18. The summed E-state index contributed by atoms with van der Waals surface area (Å²) < 4.78 is 11.8. The first kappa shape index (κ1) is 27.3. The Bertz CT molecular complexity index is 380. The largest absolute Gasteiger partial charge is 0.353 e. The van der Waals surface area contributed by atoms with Gasteiger partial charge in [-0.05, 0) is 55.9 Å². The highest BCUT2D eigenvalue weighted by molar-refractivity contribution is 7.37. The van der Waals surface area contributed by atoms with Crippen LogP contribution >= 0.6 is 32.3 Å². The molecule has 0 N–H and O–H groups in total. The van der Waals surface area contributed by atoms with E-state index in [1.807, 2.05) is 11.3 Å². The van der Waals surface area contributed by atoms with Crippen LogP contribution in [0, 0.1) is 0 Å². The van der Waals surface area contributed by atoms with Crippen molar-refractivity contribution in [3.8, 4) is 0 Å². The van der Waals surface area contributed by atoms with Crippen molar-refractivity contribution >= 4 is 32.3 Å². The second-order valence-corrected chi connectivity index (χ2v) is 9.43. The van der Waals surface area contributed by atoms with Crippen LogP contribution in [0.15, 0.2) is 17.5 Å². The zero-order chi connectivity index (χ0) is 18.7. The molecule has 1 unspecified atom stereocenters. The number of hydrogen-bond acceptors (Lipinski definition) is 3. The highest BCUT2D eigenvalue weighted by Crippen LogP contribution is 2.23. The summed E-state index contributed by atoms with van der Waals surface area (Å²) in [4.78, 5) is 1.56. The number of rotatable bonds is 19. The first-order valence-electron chi connectivity index (χ1n) is 10.8. The van der Waals surface area contributed by atoms with E-state index in [1.165, 1.54) is 63.7 Å². The van der Waals surface area contributed by atoms with Crippen molar-refractivity contribution in [1.82, 2.24) is 0 Å². The molecule has 0 fully saturated rings. The monoisotopic (exact) mass is 436 g/mol. The normalized spacial score (nSPS) is 11.5. The minimum atomic E-state index is 0. The third-order valence-corrected chi connectivity index (χ3v) is 7.00. The van der Waals surface area contributed by atoms with Crippen molar-refractivity contribution < 1.29 is 9.47 Å². The molecule has 0 aliphatic carbocycles. The zero-order valence-electron chi connectivity index (χ0n) is 17.5. The molecule has 0 amide bonds. The topological polar surface area (TPSA) is 18.5 Å². The van der Waals surface area contributed by atoms with Crippen LogP contribution in [0.1, 0.15) is 89.4 Å². The maximum absolute atomic E-state index is 5.91. The van der Waals surface area contributed by atoms with Gasteiger partial charge in [-0.3, -0.25) is 0 Å². The SMILES string of the molecule is CCCCOC(CCCCCCCCPCc1cccs1)OCCCC.Cl. The van der Waals surface area contributed by atoms with Crippen LogP contribution in [-0.2, 0) is 15.6 Å². The van der Waals surface area contributed by atoms with Crippen molar-refractivity contribution in [2.45, 2.75) is 96.9 Å². The Labute approximate surface area is 180 Å². The second-order valence-electron chi connectivity index (χ2n) is 7.04. The first-order valence-corrected chi connectivity index (χ1v) is 13.1. The third kappa shape index (κ3) is 17.0. The smallest absolute Gasteiger partial charge is 0.157 e. The Balaban J connectivity index is 0.00000676. The summed E-state index contributed by atoms with van der Waals surface area (Å²) >= 11 is 1.90. The molecule has 1 atom stereocenters. The molecule has 0 saturated carbocycles. The maximum atomic E-state index is 5.91. The Kier molecular flexibility index (Phi) is 21.3. The number of halogens is 1. The molecule has 0 aliphatic heterocycles. The molecule has 27 heavy (non-hydrogen) atoms. The standard InChI is InChI=1S/C22H41O2PS.ClH/c1-3-5-16-23-22(24-17-6-4-2)15-11-9-7-8-10-12-18-25-20-21-14-13-19-26-21;/h13-14,19,22,25H,3-12,15-18,20H2,1-2H3;1H. The molecule has 0 saturated heterocycles. The van der Waals surface area contributed by atoms with Gasteiger partial charge in [0, 0.05) is 18.1 Å².